The number of hydrogen-bond donors (Lipinski definition) is 2. The summed E-state index contributed by atoms with van der Waals surface area (Å²) < 4.78 is 0. The minimum absolute atomic E-state index is 0.102. The van der Waals surface area contributed by atoms with E-state index in [1.54, 1.807) is 0 Å². The van der Waals surface area contributed by atoms with E-state index in [0.717, 1.165) is 45.3 Å². The molecule has 0 unspecified atom stereocenters. The van der Waals surface area contributed by atoms with Crippen LogP contribution in [0.15, 0.2) is 48.5 Å². The molecule has 0 spiro atoms. The maximum Gasteiger partial charge on any atom is 0.317 e. The number of fused-ring (bicyclic) bond motifs is 1. The monoisotopic (exact) mass is 447 g/mol. The van der Waals surface area contributed by atoms with Crippen LogP contribution < -0.4 is 5.32 Å². The maximum absolute atomic E-state index is 13.1. The Kier molecular flexibility index (Phi) is 6.70. The van der Waals surface area contributed by atoms with Crippen molar-refractivity contribution in [2.24, 2.45) is 0 Å². The van der Waals surface area contributed by atoms with Gasteiger partial charge in [0.2, 0.25) is 0 Å². The van der Waals surface area contributed by atoms with Gasteiger partial charge in [0.15, 0.2) is 0 Å². The number of aryl methyl sites for hydroxylation is 1. The van der Waals surface area contributed by atoms with Crippen molar-refractivity contribution in [3.05, 3.63) is 59.7 Å². The smallest absolute Gasteiger partial charge is 0.317 e. The van der Waals surface area contributed by atoms with Gasteiger partial charge in [-0.25, -0.2) is 4.79 Å². The summed E-state index contributed by atoms with van der Waals surface area (Å²) >= 11 is 0. The van der Waals surface area contributed by atoms with Crippen LogP contribution in [0.5, 0.6) is 0 Å². The molecule has 3 atom stereocenters. The van der Waals surface area contributed by atoms with Gasteiger partial charge in [0.05, 0.1) is 6.61 Å². The average Bonchev–Trinajstić information content (AvgIpc) is 3.32. The lowest BCUT2D eigenvalue weighted by Crippen LogP contribution is -2.68. The van der Waals surface area contributed by atoms with Gasteiger partial charge in [-0.3, -0.25) is 4.90 Å². The lowest BCUT2D eigenvalue weighted by atomic mass is 9.74. The quantitative estimate of drug-likeness (QED) is 0.724. The molecule has 5 nitrogen and oxygen atoms in total. The fraction of sp³-hybridized carbons (Fsp3) is 0.536. The number of nitrogens with zero attached hydrogens (tertiary/aromatic N) is 2. The molecule has 33 heavy (non-hydrogen) atoms. The van der Waals surface area contributed by atoms with Crippen LogP contribution >= 0.6 is 0 Å². The molecule has 0 radical (unpaired) electrons. The lowest BCUT2D eigenvalue weighted by Gasteiger charge is -2.57. The van der Waals surface area contributed by atoms with Crippen LogP contribution in [-0.2, 0) is 0 Å². The second-order valence-corrected chi connectivity index (χ2v) is 10.1. The van der Waals surface area contributed by atoms with E-state index in [9.17, 15) is 9.90 Å². The van der Waals surface area contributed by atoms with Crippen LogP contribution in [0.3, 0.4) is 0 Å². The second kappa shape index (κ2) is 9.86. The van der Waals surface area contributed by atoms with Gasteiger partial charge in [0.25, 0.3) is 0 Å². The Morgan fingerprint density at radius 3 is 2.45 bits per heavy atom. The van der Waals surface area contributed by atoms with Gasteiger partial charge in [-0.05, 0) is 61.4 Å². The Morgan fingerprint density at radius 2 is 1.73 bits per heavy atom. The fourth-order valence-electron chi connectivity index (χ4n) is 6.24. The van der Waals surface area contributed by atoms with Gasteiger partial charge in [0, 0.05) is 37.1 Å². The number of carbonyl (C=O) groups excluding carboxylic acids is 1. The number of benzene rings is 2. The number of aliphatic hydroxyl groups excluding tert-OH is 1. The Hall–Kier alpha value is -2.37. The van der Waals surface area contributed by atoms with Crippen LogP contribution in [0.2, 0.25) is 0 Å². The van der Waals surface area contributed by atoms with Crippen LogP contribution in [0.4, 0.5) is 4.79 Å². The van der Waals surface area contributed by atoms with E-state index in [2.05, 4.69) is 65.7 Å². The lowest BCUT2D eigenvalue weighted by molar-refractivity contribution is -0.0591. The fourth-order valence-corrected chi connectivity index (χ4v) is 6.24. The predicted octanol–water partition coefficient (Wildman–Crippen LogP) is 4.54. The summed E-state index contributed by atoms with van der Waals surface area (Å²) in [4.78, 5) is 17.5. The van der Waals surface area contributed by atoms with E-state index in [4.69, 9.17) is 0 Å². The minimum atomic E-state index is 0.102. The van der Waals surface area contributed by atoms with E-state index in [0.29, 0.717) is 6.04 Å². The second-order valence-electron chi connectivity index (χ2n) is 10.1. The Balaban J connectivity index is 1.34. The average molecular weight is 448 g/mol. The maximum atomic E-state index is 13.1. The summed E-state index contributed by atoms with van der Waals surface area (Å²) in [5, 5.41) is 13.5. The van der Waals surface area contributed by atoms with Crippen molar-refractivity contribution in [1.82, 2.24) is 15.1 Å². The normalized spacial score (nSPS) is 26.2. The molecule has 2 N–H and O–H groups in total. The molecule has 2 heterocycles. The number of rotatable bonds is 4. The Morgan fingerprint density at radius 1 is 1.00 bits per heavy atom. The molecule has 3 fully saturated rings. The molecular formula is C28H37N3O2. The van der Waals surface area contributed by atoms with Gasteiger partial charge >= 0.3 is 6.03 Å². The Labute approximate surface area is 197 Å². The number of hydrogen-bond acceptors (Lipinski definition) is 3. The van der Waals surface area contributed by atoms with E-state index in [1.165, 1.54) is 35.1 Å². The number of urea groups is 1. The molecule has 5 heteroatoms. The highest BCUT2D eigenvalue weighted by Crippen LogP contribution is 2.42. The predicted molar refractivity (Wildman–Crippen MR) is 132 cm³/mol. The standard InChI is InChI=1S/C28H37N3O2/c1-20-8-2-5-11-24(20)21-12-14-22(15-13-21)27-25-18-30(28(33)29-23-9-3-4-10-23)16-6-7-17-31(25)26(27)19-32/h2,5,8,11-15,23,25-27,32H,3-4,6-7,9-10,16-19H2,1H3,(H,29,33)/t25-,26+,27+/m0/s1. The molecule has 2 amide bonds. The topological polar surface area (TPSA) is 55.8 Å². The van der Waals surface area contributed by atoms with Crippen molar-refractivity contribution >= 4 is 6.03 Å². The number of carbonyl (C=O) groups is 1. The largest absolute Gasteiger partial charge is 0.395 e. The van der Waals surface area contributed by atoms with E-state index < -0.39 is 0 Å². The van der Waals surface area contributed by atoms with Crippen molar-refractivity contribution in [2.75, 3.05) is 26.2 Å². The van der Waals surface area contributed by atoms with Crippen molar-refractivity contribution in [3.8, 4) is 11.1 Å². The first-order valence-electron chi connectivity index (χ1n) is 12.7. The zero-order valence-corrected chi connectivity index (χ0v) is 19.7. The van der Waals surface area contributed by atoms with Gasteiger partial charge in [-0.15, -0.1) is 0 Å². The Bertz CT molecular complexity index is 954. The molecule has 3 aliphatic rings. The van der Waals surface area contributed by atoms with E-state index >= 15 is 0 Å². The molecular weight excluding hydrogens is 410 g/mol. The third kappa shape index (κ3) is 4.53. The first-order valence-corrected chi connectivity index (χ1v) is 12.7. The third-order valence-corrected chi connectivity index (χ3v) is 8.09. The van der Waals surface area contributed by atoms with Gasteiger partial charge < -0.3 is 15.3 Å². The molecule has 1 aliphatic carbocycles. The van der Waals surface area contributed by atoms with Gasteiger partial charge in [-0.2, -0.15) is 0 Å². The minimum Gasteiger partial charge on any atom is -0.395 e. The van der Waals surface area contributed by atoms with Crippen molar-refractivity contribution in [1.29, 1.82) is 0 Å². The molecule has 0 aromatic heterocycles. The summed E-state index contributed by atoms with van der Waals surface area (Å²) in [7, 11) is 0. The first-order chi connectivity index (χ1) is 16.2. The summed E-state index contributed by atoms with van der Waals surface area (Å²) in [6, 6.07) is 18.2. The van der Waals surface area contributed by atoms with Crippen LogP contribution in [0, 0.1) is 6.92 Å². The molecule has 2 aliphatic heterocycles. The summed E-state index contributed by atoms with van der Waals surface area (Å²) in [5.74, 6) is 0.251. The van der Waals surface area contributed by atoms with Crippen molar-refractivity contribution in [3.63, 3.8) is 0 Å². The highest BCUT2D eigenvalue weighted by molar-refractivity contribution is 5.74. The van der Waals surface area contributed by atoms with Crippen LogP contribution in [0.1, 0.15) is 55.6 Å². The van der Waals surface area contributed by atoms with Gasteiger partial charge in [-0.1, -0.05) is 61.4 Å². The SMILES string of the molecule is Cc1ccccc1-c1ccc([C@H]2[C@@H](CO)N3CCCCN(C(=O)NC4CCCC4)C[C@@H]23)cc1. The van der Waals surface area contributed by atoms with E-state index in [1.807, 2.05) is 4.90 Å². The molecule has 2 saturated heterocycles. The molecule has 176 valence electrons. The molecule has 0 bridgehead atoms. The molecule has 1 saturated carbocycles. The van der Waals surface area contributed by atoms with Gasteiger partial charge in [0.1, 0.15) is 0 Å². The van der Waals surface area contributed by atoms with Crippen LogP contribution in [-0.4, -0.2) is 65.3 Å². The summed E-state index contributed by atoms with van der Waals surface area (Å²) in [5.41, 5.74) is 5.03. The number of amides is 2. The molecule has 2 aromatic carbocycles. The highest BCUT2D eigenvalue weighted by atomic mass is 16.3. The van der Waals surface area contributed by atoms with Crippen LogP contribution in [0.25, 0.3) is 11.1 Å². The zero-order chi connectivity index (χ0) is 22.8. The van der Waals surface area contributed by atoms with Crippen molar-refractivity contribution < 1.29 is 9.90 Å². The van der Waals surface area contributed by atoms with E-state index in [-0.39, 0.29) is 30.6 Å². The molecule has 5 rings (SSSR count). The summed E-state index contributed by atoms with van der Waals surface area (Å²) in [6.45, 7) is 4.88. The first kappa shape index (κ1) is 22.4. The zero-order valence-electron chi connectivity index (χ0n) is 19.7. The highest BCUT2D eigenvalue weighted by Gasteiger charge is 2.49. The number of aliphatic hydroxyl groups is 1. The summed E-state index contributed by atoms with van der Waals surface area (Å²) in [6.07, 6.45) is 6.75. The number of nitrogens with one attached hydrogen (secondary N) is 1. The third-order valence-electron chi connectivity index (χ3n) is 8.09. The van der Waals surface area contributed by atoms with Crippen molar-refractivity contribution in [2.45, 2.75) is 69.5 Å². The molecule has 2 aromatic rings.